The summed E-state index contributed by atoms with van der Waals surface area (Å²) in [5, 5.41) is 3.80. The minimum atomic E-state index is 0.393. The first-order valence-electron chi connectivity index (χ1n) is 8.66. The maximum absolute atomic E-state index is 3.80. The van der Waals surface area contributed by atoms with Crippen LogP contribution in [-0.4, -0.2) is 36.6 Å². The fourth-order valence-electron chi connectivity index (χ4n) is 3.06. The van der Waals surface area contributed by atoms with Crippen LogP contribution in [0.1, 0.15) is 61.8 Å². The minimum Gasteiger partial charge on any atom is -0.311 e. The summed E-state index contributed by atoms with van der Waals surface area (Å²) in [4.78, 5) is 2.78. The minimum absolute atomic E-state index is 0.393. The molecule has 0 radical (unpaired) electrons. The third kappa shape index (κ3) is 4.46. The van der Waals surface area contributed by atoms with Crippen LogP contribution in [-0.2, 0) is 0 Å². The van der Waals surface area contributed by atoms with Gasteiger partial charge in [-0.3, -0.25) is 4.90 Å². The lowest BCUT2D eigenvalue weighted by atomic mass is 9.79. The van der Waals surface area contributed by atoms with Crippen molar-refractivity contribution in [2.24, 2.45) is 23.2 Å². The van der Waals surface area contributed by atoms with Gasteiger partial charge < -0.3 is 5.32 Å². The quantitative estimate of drug-likeness (QED) is 0.792. The first-order valence-corrected chi connectivity index (χ1v) is 8.66. The Morgan fingerprint density at radius 2 is 1.75 bits per heavy atom. The van der Waals surface area contributed by atoms with Crippen LogP contribution in [0.2, 0.25) is 0 Å². The van der Waals surface area contributed by atoms with Crippen molar-refractivity contribution < 1.29 is 0 Å². The lowest BCUT2D eigenvalue weighted by Gasteiger charge is -2.47. The smallest absolute Gasteiger partial charge is 0.0244 e. The van der Waals surface area contributed by atoms with E-state index in [0.717, 1.165) is 24.3 Å². The lowest BCUT2D eigenvalue weighted by Crippen LogP contribution is -2.61. The summed E-state index contributed by atoms with van der Waals surface area (Å²) < 4.78 is 0. The lowest BCUT2D eigenvalue weighted by molar-refractivity contribution is 0.0344. The predicted octanol–water partition coefficient (Wildman–Crippen LogP) is 4.01. The van der Waals surface area contributed by atoms with Crippen LogP contribution in [0, 0.1) is 23.2 Å². The summed E-state index contributed by atoms with van der Waals surface area (Å²) in [6.45, 7) is 22.6. The molecule has 0 aliphatic carbocycles. The van der Waals surface area contributed by atoms with Crippen LogP contribution >= 0.6 is 0 Å². The number of nitrogens with one attached hydrogen (secondary N) is 1. The SMILES string of the molecule is CCC(C)C1CN(CC(C)(C)C(C)C)C(C(C)C)CN1. The average Bonchev–Trinajstić information content (AvgIpc) is 2.36. The highest BCUT2D eigenvalue weighted by Crippen LogP contribution is 2.30. The second-order valence-corrected chi connectivity index (χ2v) is 8.28. The Labute approximate surface area is 127 Å². The summed E-state index contributed by atoms with van der Waals surface area (Å²) in [5.74, 6) is 2.23. The molecule has 0 bridgehead atoms. The molecule has 0 aromatic carbocycles. The highest BCUT2D eigenvalue weighted by molar-refractivity contribution is 4.92. The first kappa shape index (κ1) is 18.0. The van der Waals surface area contributed by atoms with E-state index >= 15 is 0 Å². The van der Waals surface area contributed by atoms with Crippen molar-refractivity contribution in [3.8, 4) is 0 Å². The van der Waals surface area contributed by atoms with Crippen molar-refractivity contribution in [3.63, 3.8) is 0 Å². The van der Waals surface area contributed by atoms with Crippen molar-refractivity contribution in [2.45, 2.75) is 73.9 Å². The van der Waals surface area contributed by atoms with Crippen LogP contribution in [0.5, 0.6) is 0 Å². The summed E-state index contributed by atoms with van der Waals surface area (Å²) >= 11 is 0. The molecule has 1 heterocycles. The van der Waals surface area contributed by atoms with Gasteiger partial charge in [0, 0.05) is 31.7 Å². The second kappa shape index (κ2) is 7.26. The van der Waals surface area contributed by atoms with Crippen LogP contribution in [0.15, 0.2) is 0 Å². The van der Waals surface area contributed by atoms with Gasteiger partial charge in [-0.05, 0) is 23.2 Å². The molecule has 3 unspecified atom stereocenters. The fraction of sp³-hybridized carbons (Fsp3) is 1.00. The monoisotopic (exact) mass is 282 g/mol. The molecule has 0 spiro atoms. The third-order valence-corrected chi connectivity index (χ3v) is 5.76. The topological polar surface area (TPSA) is 15.3 Å². The van der Waals surface area contributed by atoms with E-state index in [0.29, 0.717) is 17.5 Å². The molecule has 3 atom stereocenters. The predicted molar refractivity (Wildman–Crippen MR) is 90.1 cm³/mol. The Bertz CT molecular complexity index is 283. The molecule has 2 heteroatoms. The molecule has 0 aromatic heterocycles. The molecule has 20 heavy (non-hydrogen) atoms. The standard InChI is InChI=1S/C18H38N2/c1-9-15(6)16-11-20(12-18(7,8)14(4)5)17(10-19-16)13(2)3/h13-17,19H,9-12H2,1-8H3. The molecule has 1 aliphatic heterocycles. The van der Waals surface area contributed by atoms with Gasteiger partial charge in [-0.2, -0.15) is 0 Å². The summed E-state index contributed by atoms with van der Waals surface area (Å²) in [6.07, 6.45) is 1.27. The summed E-state index contributed by atoms with van der Waals surface area (Å²) in [6, 6.07) is 1.35. The van der Waals surface area contributed by atoms with E-state index in [1.165, 1.54) is 19.5 Å². The van der Waals surface area contributed by atoms with Gasteiger partial charge in [0.05, 0.1) is 0 Å². The van der Waals surface area contributed by atoms with E-state index in [9.17, 15) is 0 Å². The summed E-state index contributed by atoms with van der Waals surface area (Å²) in [7, 11) is 0. The fourth-order valence-corrected chi connectivity index (χ4v) is 3.06. The van der Waals surface area contributed by atoms with Crippen molar-refractivity contribution in [2.75, 3.05) is 19.6 Å². The molecular weight excluding hydrogens is 244 g/mol. The molecule has 0 amide bonds. The van der Waals surface area contributed by atoms with Gasteiger partial charge in [0.1, 0.15) is 0 Å². The molecule has 1 N–H and O–H groups in total. The number of hydrogen-bond acceptors (Lipinski definition) is 2. The highest BCUT2D eigenvalue weighted by atomic mass is 15.2. The molecule has 1 saturated heterocycles. The van der Waals surface area contributed by atoms with Crippen molar-refractivity contribution in [3.05, 3.63) is 0 Å². The van der Waals surface area contributed by atoms with Crippen molar-refractivity contribution in [1.29, 1.82) is 0 Å². The largest absolute Gasteiger partial charge is 0.311 e. The van der Waals surface area contributed by atoms with Crippen molar-refractivity contribution in [1.82, 2.24) is 10.2 Å². The Kier molecular flexibility index (Phi) is 6.53. The number of piperazine rings is 1. The normalized spacial score (nSPS) is 27.3. The van der Waals surface area contributed by atoms with Crippen molar-refractivity contribution >= 4 is 0 Å². The second-order valence-electron chi connectivity index (χ2n) is 8.28. The Hall–Kier alpha value is -0.0800. The molecule has 1 rings (SSSR count). The van der Waals surface area contributed by atoms with Gasteiger partial charge in [0.25, 0.3) is 0 Å². The highest BCUT2D eigenvalue weighted by Gasteiger charge is 2.35. The van der Waals surface area contributed by atoms with E-state index in [1.54, 1.807) is 0 Å². The average molecular weight is 283 g/mol. The van der Waals surface area contributed by atoms with Gasteiger partial charge in [-0.15, -0.1) is 0 Å². The van der Waals surface area contributed by atoms with E-state index in [4.69, 9.17) is 0 Å². The van der Waals surface area contributed by atoms with Gasteiger partial charge in [-0.1, -0.05) is 61.8 Å². The third-order valence-electron chi connectivity index (χ3n) is 5.76. The molecule has 120 valence electrons. The van der Waals surface area contributed by atoms with E-state index < -0.39 is 0 Å². The zero-order valence-corrected chi connectivity index (χ0v) is 15.2. The maximum atomic E-state index is 3.80. The summed E-state index contributed by atoms with van der Waals surface area (Å²) in [5.41, 5.74) is 0.393. The maximum Gasteiger partial charge on any atom is 0.0244 e. The van der Waals surface area contributed by atoms with Gasteiger partial charge >= 0.3 is 0 Å². The molecular formula is C18H38N2. The number of hydrogen-bond donors (Lipinski definition) is 1. The van der Waals surface area contributed by atoms with Crippen LogP contribution in [0.25, 0.3) is 0 Å². The van der Waals surface area contributed by atoms with E-state index in [1.807, 2.05) is 0 Å². The van der Waals surface area contributed by atoms with E-state index in [2.05, 4.69) is 65.6 Å². The molecule has 2 nitrogen and oxygen atoms in total. The molecule has 1 fully saturated rings. The van der Waals surface area contributed by atoms with Crippen LogP contribution in [0.3, 0.4) is 0 Å². The van der Waals surface area contributed by atoms with Gasteiger partial charge in [-0.25, -0.2) is 0 Å². The molecule has 0 aromatic rings. The van der Waals surface area contributed by atoms with Crippen LogP contribution < -0.4 is 5.32 Å². The zero-order valence-electron chi connectivity index (χ0n) is 15.2. The first-order chi connectivity index (χ1) is 9.19. The number of rotatable bonds is 6. The zero-order chi connectivity index (χ0) is 15.5. The number of nitrogens with zero attached hydrogens (tertiary/aromatic N) is 1. The molecule has 0 saturated carbocycles. The van der Waals surface area contributed by atoms with E-state index in [-0.39, 0.29) is 0 Å². The van der Waals surface area contributed by atoms with Crippen LogP contribution in [0.4, 0.5) is 0 Å². The van der Waals surface area contributed by atoms with Gasteiger partial charge in [0.15, 0.2) is 0 Å². The Balaban J connectivity index is 2.78. The Morgan fingerprint density at radius 1 is 1.15 bits per heavy atom. The molecule has 1 aliphatic rings. The Morgan fingerprint density at radius 3 is 2.20 bits per heavy atom. The van der Waals surface area contributed by atoms with Gasteiger partial charge in [0.2, 0.25) is 0 Å².